The minimum atomic E-state index is -0.664. The number of hydrogen-bond acceptors (Lipinski definition) is 5. The highest BCUT2D eigenvalue weighted by Gasteiger charge is 2.20. The molecule has 0 aliphatic rings. The summed E-state index contributed by atoms with van der Waals surface area (Å²) < 4.78 is 5.49. The third-order valence-corrected chi connectivity index (χ3v) is 18.8. The molecule has 0 heterocycles. The summed E-state index contributed by atoms with van der Waals surface area (Å²) in [5, 5.41) is 23.5. The maximum Gasteiger partial charge on any atom is 0.305 e. The summed E-state index contributed by atoms with van der Waals surface area (Å²) in [7, 11) is 0. The number of allylic oxidation sites excluding steroid dienone is 4. The Bertz CT molecular complexity index is 1350. The largest absolute Gasteiger partial charge is 0.466 e. The van der Waals surface area contributed by atoms with Crippen molar-refractivity contribution in [2.75, 3.05) is 13.2 Å². The highest BCUT2D eigenvalue weighted by atomic mass is 16.5. The van der Waals surface area contributed by atoms with Crippen molar-refractivity contribution < 1.29 is 24.5 Å². The summed E-state index contributed by atoms with van der Waals surface area (Å²) in [5.41, 5.74) is 0. The quantitative estimate of drug-likeness (QED) is 0.0320. The second-order valence-electron chi connectivity index (χ2n) is 27.4. The molecule has 2 unspecified atom stereocenters. The van der Waals surface area contributed by atoms with E-state index in [0.717, 1.165) is 44.9 Å². The molecule has 86 heavy (non-hydrogen) atoms. The van der Waals surface area contributed by atoms with Crippen molar-refractivity contribution in [1.82, 2.24) is 5.32 Å². The first-order valence-corrected chi connectivity index (χ1v) is 39.6. The molecule has 510 valence electrons. The van der Waals surface area contributed by atoms with E-state index in [2.05, 4.69) is 43.5 Å². The molecule has 0 fully saturated rings. The second-order valence-corrected chi connectivity index (χ2v) is 27.4. The predicted octanol–water partition coefficient (Wildman–Crippen LogP) is 26.0. The lowest BCUT2D eigenvalue weighted by molar-refractivity contribution is -0.143. The van der Waals surface area contributed by atoms with Crippen LogP contribution in [-0.2, 0) is 14.3 Å². The van der Waals surface area contributed by atoms with E-state index in [9.17, 15) is 19.8 Å². The Labute approximate surface area is 539 Å². The van der Waals surface area contributed by atoms with Crippen LogP contribution < -0.4 is 5.32 Å². The highest BCUT2D eigenvalue weighted by Crippen LogP contribution is 2.20. The van der Waals surface area contributed by atoms with Gasteiger partial charge in [-0.2, -0.15) is 0 Å². The number of carbonyl (C=O) groups is 2. The lowest BCUT2D eigenvalue weighted by atomic mass is 10.0. The fraction of sp³-hybridized carbons (Fsp3) is 0.925. The minimum absolute atomic E-state index is 0.0167. The smallest absolute Gasteiger partial charge is 0.305 e. The van der Waals surface area contributed by atoms with Crippen LogP contribution in [-0.4, -0.2) is 47.4 Å². The van der Waals surface area contributed by atoms with Gasteiger partial charge >= 0.3 is 5.97 Å². The molecule has 0 aliphatic heterocycles. The molecule has 0 aromatic carbocycles. The third kappa shape index (κ3) is 71.4. The molecule has 0 saturated heterocycles. The van der Waals surface area contributed by atoms with Crippen molar-refractivity contribution in [3.8, 4) is 0 Å². The number of ether oxygens (including phenoxy) is 1. The normalized spacial score (nSPS) is 12.6. The molecule has 0 spiro atoms. The van der Waals surface area contributed by atoms with Crippen molar-refractivity contribution in [3.63, 3.8) is 0 Å². The van der Waals surface area contributed by atoms with Crippen molar-refractivity contribution in [3.05, 3.63) is 24.3 Å². The van der Waals surface area contributed by atoms with E-state index >= 15 is 0 Å². The Morgan fingerprint density at radius 1 is 0.326 bits per heavy atom. The first-order chi connectivity index (χ1) is 42.5. The number of amides is 1. The van der Waals surface area contributed by atoms with Crippen LogP contribution in [0, 0.1) is 0 Å². The van der Waals surface area contributed by atoms with Crippen LogP contribution in [0.5, 0.6) is 0 Å². The number of rotatable bonds is 75. The Kier molecular flexibility index (Phi) is 74.3. The van der Waals surface area contributed by atoms with E-state index in [0.29, 0.717) is 25.9 Å². The molecule has 6 nitrogen and oxygen atoms in total. The van der Waals surface area contributed by atoms with Crippen LogP contribution in [0.25, 0.3) is 0 Å². The van der Waals surface area contributed by atoms with E-state index in [4.69, 9.17) is 4.74 Å². The first-order valence-electron chi connectivity index (χ1n) is 39.6. The van der Waals surface area contributed by atoms with Gasteiger partial charge in [0.05, 0.1) is 25.4 Å². The van der Waals surface area contributed by atoms with Gasteiger partial charge in [0.25, 0.3) is 0 Å². The maximum atomic E-state index is 12.6. The topological polar surface area (TPSA) is 95.9 Å². The van der Waals surface area contributed by atoms with Crippen molar-refractivity contribution in [2.24, 2.45) is 0 Å². The molecular formula is C80H155NO5. The Morgan fingerprint density at radius 2 is 0.581 bits per heavy atom. The van der Waals surface area contributed by atoms with Crippen LogP contribution in [0.3, 0.4) is 0 Å². The van der Waals surface area contributed by atoms with Crippen molar-refractivity contribution in [2.45, 2.75) is 463 Å². The van der Waals surface area contributed by atoms with Crippen LogP contribution in [0.1, 0.15) is 450 Å². The number of hydrogen-bond donors (Lipinski definition) is 3. The average Bonchev–Trinajstić information content (AvgIpc) is 3.57. The minimum Gasteiger partial charge on any atom is -0.466 e. The van der Waals surface area contributed by atoms with Gasteiger partial charge in [-0.25, -0.2) is 0 Å². The molecule has 3 N–H and O–H groups in total. The van der Waals surface area contributed by atoms with Crippen molar-refractivity contribution in [1.29, 1.82) is 0 Å². The van der Waals surface area contributed by atoms with E-state index in [1.54, 1.807) is 0 Å². The average molecular weight is 1210 g/mol. The van der Waals surface area contributed by atoms with E-state index in [1.165, 1.54) is 372 Å². The molecule has 0 radical (unpaired) electrons. The monoisotopic (exact) mass is 1210 g/mol. The fourth-order valence-electron chi connectivity index (χ4n) is 12.7. The molecular weight excluding hydrogens is 1050 g/mol. The number of aliphatic hydroxyl groups excluding tert-OH is 2. The lowest BCUT2D eigenvalue weighted by Gasteiger charge is -2.22. The van der Waals surface area contributed by atoms with E-state index in [1.807, 2.05) is 0 Å². The molecule has 0 aromatic rings. The van der Waals surface area contributed by atoms with Crippen LogP contribution in [0.4, 0.5) is 0 Å². The second kappa shape index (κ2) is 75.8. The summed E-state index contributed by atoms with van der Waals surface area (Å²) in [6, 6.07) is -0.541. The van der Waals surface area contributed by atoms with E-state index in [-0.39, 0.29) is 18.5 Å². The number of carbonyl (C=O) groups excluding carboxylic acids is 2. The van der Waals surface area contributed by atoms with Gasteiger partial charge in [0.2, 0.25) is 5.91 Å². The first kappa shape index (κ1) is 84.3. The van der Waals surface area contributed by atoms with Crippen molar-refractivity contribution >= 4 is 11.9 Å². The predicted molar refractivity (Wildman–Crippen MR) is 380 cm³/mol. The van der Waals surface area contributed by atoms with Gasteiger partial charge < -0.3 is 20.3 Å². The third-order valence-electron chi connectivity index (χ3n) is 18.8. The highest BCUT2D eigenvalue weighted by molar-refractivity contribution is 5.76. The maximum absolute atomic E-state index is 12.6. The molecule has 0 bridgehead atoms. The molecule has 0 aliphatic carbocycles. The Hall–Kier alpha value is -1.66. The molecule has 0 saturated carbocycles. The van der Waals surface area contributed by atoms with Crippen LogP contribution >= 0.6 is 0 Å². The Morgan fingerprint density at radius 3 is 0.884 bits per heavy atom. The zero-order valence-corrected chi connectivity index (χ0v) is 58.6. The fourth-order valence-corrected chi connectivity index (χ4v) is 12.7. The van der Waals surface area contributed by atoms with Crippen LogP contribution in [0.15, 0.2) is 24.3 Å². The number of aliphatic hydroxyl groups is 2. The molecule has 1 amide bonds. The zero-order valence-electron chi connectivity index (χ0n) is 58.6. The SMILES string of the molecule is CCCCCCCCCCCCCCCCCCCCCCCCCC(O)C(CO)NC(=O)CCCCCCCCCCCCCCCCCCC/C=C\C/C=C\CCCCCCCCCCCOC(=O)CCCCCCCCCCCCCCC. The summed E-state index contributed by atoms with van der Waals surface area (Å²) >= 11 is 0. The number of esters is 1. The molecule has 0 aromatic heterocycles. The van der Waals surface area contributed by atoms with Gasteiger partial charge in [0.1, 0.15) is 0 Å². The van der Waals surface area contributed by atoms with Gasteiger partial charge in [-0.1, -0.05) is 404 Å². The number of nitrogens with one attached hydrogen (secondary N) is 1. The summed E-state index contributed by atoms with van der Waals surface area (Å²) in [6.45, 7) is 5.00. The molecule has 6 heteroatoms. The van der Waals surface area contributed by atoms with E-state index < -0.39 is 12.1 Å². The molecule has 0 rings (SSSR count). The summed E-state index contributed by atoms with van der Waals surface area (Å²) in [5.74, 6) is -0.0108. The van der Waals surface area contributed by atoms with Gasteiger partial charge in [-0.15, -0.1) is 0 Å². The molecule has 2 atom stereocenters. The van der Waals surface area contributed by atoms with Gasteiger partial charge in [0, 0.05) is 12.8 Å². The summed E-state index contributed by atoms with van der Waals surface area (Å²) in [6.07, 6.45) is 97.0. The van der Waals surface area contributed by atoms with Gasteiger partial charge in [0.15, 0.2) is 0 Å². The van der Waals surface area contributed by atoms with Crippen LogP contribution in [0.2, 0.25) is 0 Å². The van der Waals surface area contributed by atoms with Gasteiger partial charge in [-0.05, 0) is 57.8 Å². The Balaban J connectivity index is 3.38. The van der Waals surface area contributed by atoms with Gasteiger partial charge in [-0.3, -0.25) is 9.59 Å². The standard InChI is InChI=1S/C80H155NO5/c1-3-5-7-9-11-13-15-17-18-19-20-21-33-36-39-42-45-49-52-56-60-64-68-72-78(83)77(76-82)81-79(84)73-69-65-61-57-53-50-46-43-40-37-34-31-29-27-25-23-22-24-26-28-30-32-35-38-41-44-47-51-55-59-63-67-71-75-86-80(85)74-70-66-62-58-54-48-16-14-12-10-8-6-4-2/h26,28,32,35,77-78,82-83H,3-25,27,29-31,33-34,36-76H2,1-2H3,(H,81,84)/b28-26-,35-32-. The lowest BCUT2D eigenvalue weighted by Crippen LogP contribution is -2.45. The summed E-state index contributed by atoms with van der Waals surface area (Å²) in [4.78, 5) is 24.6. The number of unbranched alkanes of at least 4 members (excludes halogenated alkanes) is 60. The zero-order chi connectivity index (χ0) is 62.0.